The molecular weight excluding hydrogens is 398 g/mol. The minimum absolute atomic E-state index is 0.249. The van der Waals surface area contributed by atoms with Crippen molar-refractivity contribution < 1.29 is 13.2 Å². The third-order valence-corrected chi connectivity index (χ3v) is 7.77. The normalized spacial score (nSPS) is 20.4. The van der Waals surface area contributed by atoms with Crippen LogP contribution in [-0.2, 0) is 14.8 Å². The number of rotatable bonds is 9. The molecule has 1 aliphatic heterocycles. The summed E-state index contributed by atoms with van der Waals surface area (Å²) in [6, 6.07) is 4.52. The Labute approximate surface area is 183 Å². The highest BCUT2D eigenvalue weighted by molar-refractivity contribution is 7.90. The van der Waals surface area contributed by atoms with Crippen LogP contribution in [0.15, 0.2) is 12.1 Å². The third kappa shape index (κ3) is 6.86. The molecule has 0 spiro atoms. The monoisotopic (exact) mass is 439 g/mol. The first kappa shape index (κ1) is 25.0. The lowest BCUT2D eigenvalue weighted by molar-refractivity contribution is -0.00524. The van der Waals surface area contributed by atoms with Gasteiger partial charge in [-0.2, -0.15) is 0 Å². The number of nitrogens with zero attached hydrogens (tertiary/aromatic N) is 1. The number of hydrogen-bond acceptors (Lipinski definition) is 5. The fraction of sp³-hybridized carbons (Fsp3) is 0.739. The fourth-order valence-electron chi connectivity index (χ4n) is 3.78. The molecule has 7 heteroatoms. The van der Waals surface area contributed by atoms with Crippen LogP contribution in [-0.4, -0.2) is 51.6 Å². The van der Waals surface area contributed by atoms with Crippen LogP contribution in [0.25, 0.3) is 0 Å². The van der Waals surface area contributed by atoms with Crippen LogP contribution in [0, 0.1) is 13.8 Å². The summed E-state index contributed by atoms with van der Waals surface area (Å²) in [4.78, 5) is 2.43. The number of ether oxygens (including phenoxy) is 1. The molecule has 0 aromatic heterocycles. The first-order valence-corrected chi connectivity index (χ1v) is 12.6. The molecule has 172 valence electrons. The first-order chi connectivity index (χ1) is 13.9. The van der Waals surface area contributed by atoms with Gasteiger partial charge in [0.15, 0.2) is 0 Å². The fourth-order valence-corrected chi connectivity index (χ4v) is 4.63. The lowest BCUT2D eigenvalue weighted by Gasteiger charge is -2.38. The van der Waals surface area contributed by atoms with Gasteiger partial charge < -0.3 is 15.0 Å². The molecule has 1 aliphatic rings. The summed E-state index contributed by atoms with van der Waals surface area (Å²) in [7, 11) is -3.24. The van der Waals surface area contributed by atoms with Crippen LogP contribution >= 0.6 is 0 Å². The molecule has 1 saturated heterocycles. The van der Waals surface area contributed by atoms with Gasteiger partial charge in [0.05, 0.1) is 17.0 Å². The maximum Gasteiger partial charge on any atom is 0.216 e. The van der Waals surface area contributed by atoms with E-state index in [1.54, 1.807) is 20.8 Å². The molecular formula is C23H41N3O3S. The maximum atomic E-state index is 12.0. The average Bonchev–Trinajstić information content (AvgIpc) is 2.61. The van der Waals surface area contributed by atoms with Crippen LogP contribution in [0.4, 0.5) is 11.4 Å². The standard InChI is InChI=1S/C23H41N3O3S/c1-17-14-22(26-15-19(3)29-20(4)16-26)18(2)13-21(17)24-11-9-8-10-12-25-30(27,28)23(5,6)7/h13-14,19-20,24-25H,8-12,15-16H2,1-7H3. The largest absolute Gasteiger partial charge is 0.385 e. The molecule has 0 saturated carbocycles. The van der Waals surface area contributed by atoms with Gasteiger partial charge >= 0.3 is 0 Å². The maximum absolute atomic E-state index is 12.0. The van der Waals surface area contributed by atoms with Gasteiger partial charge in [-0.05, 0) is 84.6 Å². The number of unbranched alkanes of at least 4 members (excludes halogenated alkanes) is 2. The highest BCUT2D eigenvalue weighted by Crippen LogP contribution is 2.29. The number of hydrogen-bond donors (Lipinski definition) is 2. The van der Waals surface area contributed by atoms with E-state index < -0.39 is 14.8 Å². The van der Waals surface area contributed by atoms with Gasteiger partial charge in [0.25, 0.3) is 0 Å². The summed E-state index contributed by atoms with van der Waals surface area (Å²) < 4.78 is 31.9. The van der Waals surface area contributed by atoms with Crippen molar-refractivity contribution in [2.24, 2.45) is 0 Å². The van der Waals surface area contributed by atoms with Crippen molar-refractivity contribution in [3.05, 3.63) is 23.3 Å². The summed E-state index contributed by atoms with van der Waals surface area (Å²) in [6.45, 7) is 17.0. The highest BCUT2D eigenvalue weighted by Gasteiger charge is 2.28. The highest BCUT2D eigenvalue weighted by atomic mass is 32.2. The minimum Gasteiger partial charge on any atom is -0.385 e. The van der Waals surface area contributed by atoms with Gasteiger partial charge in [-0.25, -0.2) is 13.1 Å². The minimum atomic E-state index is -3.24. The van der Waals surface area contributed by atoms with Crippen LogP contribution < -0.4 is 14.9 Å². The molecule has 1 fully saturated rings. The van der Waals surface area contributed by atoms with Gasteiger partial charge in [-0.3, -0.25) is 0 Å². The number of morpholine rings is 1. The van der Waals surface area contributed by atoms with Crippen LogP contribution in [0.2, 0.25) is 0 Å². The molecule has 30 heavy (non-hydrogen) atoms. The molecule has 0 bridgehead atoms. The molecule has 2 unspecified atom stereocenters. The second kappa shape index (κ2) is 10.3. The Hall–Kier alpha value is -1.31. The Balaban J connectivity index is 1.79. The summed E-state index contributed by atoms with van der Waals surface area (Å²) >= 11 is 0. The van der Waals surface area contributed by atoms with E-state index in [9.17, 15) is 8.42 Å². The Kier molecular flexibility index (Phi) is 8.60. The zero-order valence-electron chi connectivity index (χ0n) is 19.8. The summed E-state index contributed by atoms with van der Waals surface area (Å²) in [5, 5.41) is 3.55. The van der Waals surface area contributed by atoms with Crippen molar-refractivity contribution in [3.8, 4) is 0 Å². The van der Waals surface area contributed by atoms with Gasteiger partial charge in [-0.15, -0.1) is 0 Å². The van der Waals surface area contributed by atoms with Gasteiger partial charge in [0.2, 0.25) is 10.0 Å². The second-order valence-corrected chi connectivity index (χ2v) is 12.1. The molecule has 6 nitrogen and oxygen atoms in total. The zero-order chi connectivity index (χ0) is 22.5. The number of aryl methyl sites for hydroxylation is 2. The molecule has 2 atom stereocenters. The molecule has 0 radical (unpaired) electrons. The van der Waals surface area contributed by atoms with Gasteiger partial charge in [0, 0.05) is 37.6 Å². The predicted molar refractivity (Wildman–Crippen MR) is 127 cm³/mol. The first-order valence-electron chi connectivity index (χ1n) is 11.2. The SMILES string of the molecule is Cc1cc(N2CC(C)OC(C)C2)c(C)cc1NCCCCCNS(=O)(=O)C(C)(C)C. The number of benzene rings is 1. The lowest BCUT2D eigenvalue weighted by atomic mass is 10.1. The smallest absolute Gasteiger partial charge is 0.216 e. The van der Waals surface area contributed by atoms with E-state index in [1.165, 1.54) is 22.5 Å². The van der Waals surface area contributed by atoms with Crippen molar-refractivity contribution >= 4 is 21.4 Å². The molecule has 0 amide bonds. The molecule has 0 aliphatic carbocycles. The van der Waals surface area contributed by atoms with Crippen molar-refractivity contribution in [2.45, 2.75) is 84.7 Å². The number of nitrogens with one attached hydrogen (secondary N) is 2. The molecule has 1 aromatic rings. The van der Waals surface area contributed by atoms with E-state index in [4.69, 9.17) is 4.74 Å². The van der Waals surface area contributed by atoms with E-state index in [1.807, 2.05) is 0 Å². The Morgan fingerprint density at radius 1 is 1.00 bits per heavy atom. The van der Waals surface area contributed by atoms with Crippen LogP contribution in [0.5, 0.6) is 0 Å². The zero-order valence-corrected chi connectivity index (χ0v) is 20.7. The Morgan fingerprint density at radius 2 is 1.60 bits per heavy atom. The van der Waals surface area contributed by atoms with E-state index in [2.05, 4.69) is 54.8 Å². The van der Waals surface area contributed by atoms with Gasteiger partial charge in [-0.1, -0.05) is 6.42 Å². The van der Waals surface area contributed by atoms with Crippen molar-refractivity contribution in [3.63, 3.8) is 0 Å². The summed E-state index contributed by atoms with van der Waals surface area (Å²) in [5.41, 5.74) is 5.01. The Bertz CT molecular complexity index is 793. The number of sulfonamides is 1. The van der Waals surface area contributed by atoms with Gasteiger partial charge in [0.1, 0.15) is 0 Å². The van der Waals surface area contributed by atoms with Crippen molar-refractivity contribution in [1.29, 1.82) is 0 Å². The number of anilines is 2. The topological polar surface area (TPSA) is 70.7 Å². The second-order valence-electron chi connectivity index (χ2n) is 9.61. The Morgan fingerprint density at radius 3 is 2.20 bits per heavy atom. The molecule has 2 N–H and O–H groups in total. The summed E-state index contributed by atoms with van der Waals surface area (Å²) in [5.74, 6) is 0. The van der Waals surface area contributed by atoms with E-state index >= 15 is 0 Å². The van der Waals surface area contributed by atoms with Crippen molar-refractivity contribution in [2.75, 3.05) is 36.4 Å². The predicted octanol–water partition coefficient (Wildman–Crippen LogP) is 4.22. The molecule has 1 heterocycles. The van der Waals surface area contributed by atoms with Crippen LogP contribution in [0.3, 0.4) is 0 Å². The average molecular weight is 440 g/mol. The van der Waals surface area contributed by atoms with E-state index in [-0.39, 0.29) is 12.2 Å². The molecule has 2 rings (SSSR count). The van der Waals surface area contributed by atoms with Crippen molar-refractivity contribution in [1.82, 2.24) is 4.72 Å². The summed E-state index contributed by atoms with van der Waals surface area (Å²) in [6.07, 6.45) is 3.34. The lowest BCUT2D eigenvalue weighted by Crippen LogP contribution is -2.45. The quantitative estimate of drug-likeness (QED) is 0.564. The van der Waals surface area contributed by atoms with E-state index in [0.29, 0.717) is 6.54 Å². The van der Waals surface area contributed by atoms with E-state index in [0.717, 1.165) is 38.9 Å². The third-order valence-electron chi connectivity index (χ3n) is 5.57. The van der Waals surface area contributed by atoms with Crippen LogP contribution in [0.1, 0.15) is 65.0 Å². The molecule has 1 aromatic carbocycles.